The summed E-state index contributed by atoms with van der Waals surface area (Å²) >= 11 is 0. The average molecular weight is 267 g/mol. The van der Waals surface area contributed by atoms with Crippen molar-refractivity contribution >= 4 is 5.91 Å². The molecule has 2 heteroatoms. The Morgan fingerprint density at radius 2 is 1.80 bits per heavy atom. The molecule has 0 aliphatic carbocycles. The average Bonchev–Trinajstić information content (AvgIpc) is 2.47. The van der Waals surface area contributed by atoms with Gasteiger partial charge in [0.1, 0.15) is 0 Å². The third-order valence-electron chi connectivity index (χ3n) is 3.58. The summed E-state index contributed by atoms with van der Waals surface area (Å²) in [6.07, 6.45) is 0. The van der Waals surface area contributed by atoms with Crippen LogP contribution < -0.4 is 5.32 Å². The lowest BCUT2D eigenvalue weighted by atomic mass is 10.0. The molecular weight excluding hydrogens is 246 g/mol. The van der Waals surface area contributed by atoms with Gasteiger partial charge in [0.25, 0.3) is 5.91 Å². The zero-order chi connectivity index (χ0) is 14.5. The molecule has 2 aromatic carbocycles. The minimum Gasteiger partial charge on any atom is -0.351 e. The Kier molecular flexibility index (Phi) is 4.57. The van der Waals surface area contributed by atoms with E-state index in [9.17, 15) is 4.79 Å². The number of hydrogen-bond acceptors (Lipinski definition) is 1. The molecule has 0 spiro atoms. The Bertz CT molecular complexity index is 590. The molecule has 1 amide bonds. The first-order valence-corrected chi connectivity index (χ1v) is 6.98. The van der Waals surface area contributed by atoms with Crippen molar-refractivity contribution < 1.29 is 4.79 Å². The van der Waals surface area contributed by atoms with Crippen LogP contribution in [0.15, 0.2) is 48.5 Å². The molecule has 0 bridgehead atoms. The van der Waals surface area contributed by atoms with Crippen molar-refractivity contribution in [2.45, 2.75) is 26.7 Å². The molecular formula is C18H21NO. The summed E-state index contributed by atoms with van der Waals surface area (Å²) in [4.78, 5) is 12.2. The standard InChI is InChI=1S/C18H21NO/c1-13-9-10-14(2)17(11-13)18(20)19-12-15(3)16-7-5-4-6-8-16/h4-11,15H,12H2,1-3H3,(H,19,20)/t15-/m1/s1. The van der Waals surface area contributed by atoms with E-state index in [1.165, 1.54) is 5.56 Å². The molecule has 104 valence electrons. The smallest absolute Gasteiger partial charge is 0.251 e. The van der Waals surface area contributed by atoms with E-state index in [1.807, 2.05) is 50.2 Å². The summed E-state index contributed by atoms with van der Waals surface area (Å²) in [5, 5.41) is 3.03. The van der Waals surface area contributed by atoms with E-state index >= 15 is 0 Å². The van der Waals surface area contributed by atoms with Crippen molar-refractivity contribution in [1.29, 1.82) is 0 Å². The van der Waals surface area contributed by atoms with Crippen LogP contribution in [0, 0.1) is 13.8 Å². The van der Waals surface area contributed by atoms with Crippen molar-refractivity contribution in [3.63, 3.8) is 0 Å². The van der Waals surface area contributed by atoms with E-state index < -0.39 is 0 Å². The summed E-state index contributed by atoms with van der Waals surface area (Å²) in [6.45, 7) is 6.74. The Hall–Kier alpha value is -2.09. The summed E-state index contributed by atoms with van der Waals surface area (Å²) in [5.41, 5.74) is 4.14. The maximum Gasteiger partial charge on any atom is 0.251 e. The van der Waals surface area contributed by atoms with Gasteiger partial charge in [0.15, 0.2) is 0 Å². The zero-order valence-electron chi connectivity index (χ0n) is 12.3. The molecule has 0 radical (unpaired) electrons. The van der Waals surface area contributed by atoms with Crippen molar-refractivity contribution in [2.24, 2.45) is 0 Å². The second-order valence-electron chi connectivity index (χ2n) is 5.34. The molecule has 0 fully saturated rings. The Labute approximate surface area is 120 Å². The van der Waals surface area contributed by atoms with Gasteiger partial charge in [-0.05, 0) is 37.0 Å². The highest BCUT2D eigenvalue weighted by Crippen LogP contribution is 2.14. The predicted octanol–water partition coefficient (Wildman–Crippen LogP) is 3.84. The van der Waals surface area contributed by atoms with E-state index in [1.54, 1.807) is 0 Å². The molecule has 0 heterocycles. The second kappa shape index (κ2) is 6.38. The first-order chi connectivity index (χ1) is 9.58. The number of hydrogen-bond donors (Lipinski definition) is 1. The van der Waals surface area contributed by atoms with E-state index in [4.69, 9.17) is 0 Å². The molecule has 2 nitrogen and oxygen atoms in total. The van der Waals surface area contributed by atoms with Crippen LogP contribution >= 0.6 is 0 Å². The largest absolute Gasteiger partial charge is 0.351 e. The molecule has 2 aromatic rings. The fraction of sp³-hybridized carbons (Fsp3) is 0.278. The maximum atomic E-state index is 12.2. The highest BCUT2D eigenvalue weighted by atomic mass is 16.1. The van der Waals surface area contributed by atoms with E-state index in [2.05, 4.69) is 24.4 Å². The van der Waals surface area contributed by atoms with Gasteiger partial charge in [0.05, 0.1) is 0 Å². The first kappa shape index (κ1) is 14.3. The number of carbonyl (C=O) groups is 1. The zero-order valence-corrected chi connectivity index (χ0v) is 12.3. The predicted molar refractivity (Wildman–Crippen MR) is 83.1 cm³/mol. The van der Waals surface area contributed by atoms with Gasteiger partial charge >= 0.3 is 0 Å². The van der Waals surface area contributed by atoms with Gasteiger partial charge in [-0.3, -0.25) is 4.79 Å². The Balaban J connectivity index is 2.00. The minimum atomic E-state index is 0.00832. The molecule has 2 rings (SSSR count). The fourth-order valence-electron chi connectivity index (χ4n) is 2.22. The van der Waals surface area contributed by atoms with E-state index in [-0.39, 0.29) is 5.91 Å². The van der Waals surface area contributed by atoms with E-state index in [0.717, 1.165) is 16.7 Å². The normalized spacial score (nSPS) is 11.9. The highest BCUT2D eigenvalue weighted by molar-refractivity contribution is 5.95. The number of amides is 1. The molecule has 1 N–H and O–H groups in total. The minimum absolute atomic E-state index is 0.00832. The van der Waals surface area contributed by atoms with Crippen molar-refractivity contribution in [1.82, 2.24) is 5.32 Å². The van der Waals surface area contributed by atoms with Crippen LogP contribution in [0.1, 0.15) is 39.9 Å². The third kappa shape index (κ3) is 3.47. The van der Waals surface area contributed by atoms with Crippen LogP contribution in [-0.4, -0.2) is 12.5 Å². The summed E-state index contributed by atoms with van der Waals surface area (Å²) in [5.74, 6) is 0.319. The monoisotopic (exact) mass is 267 g/mol. The number of rotatable bonds is 4. The van der Waals surface area contributed by atoms with Crippen LogP contribution in [0.3, 0.4) is 0 Å². The van der Waals surface area contributed by atoms with Gasteiger partial charge in [-0.25, -0.2) is 0 Å². The molecule has 0 saturated carbocycles. The number of carbonyl (C=O) groups excluding carboxylic acids is 1. The van der Waals surface area contributed by atoms with Gasteiger partial charge in [0.2, 0.25) is 0 Å². The summed E-state index contributed by atoms with van der Waals surface area (Å²) in [6, 6.07) is 16.2. The molecule has 20 heavy (non-hydrogen) atoms. The quantitative estimate of drug-likeness (QED) is 0.896. The molecule has 0 aliphatic heterocycles. The van der Waals surface area contributed by atoms with Gasteiger partial charge < -0.3 is 5.32 Å². The van der Waals surface area contributed by atoms with Gasteiger partial charge in [-0.2, -0.15) is 0 Å². The summed E-state index contributed by atoms with van der Waals surface area (Å²) in [7, 11) is 0. The van der Waals surface area contributed by atoms with Crippen LogP contribution in [-0.2, 0) is 0 Å². The van der Waals surface area contributed by atoms with Gasteiger partial charge in [0, 0.05) is 12.1 Å². The molecule has 0 aliphatic rings. The number of nitrogens with one attached hydrogen (secondary N) is 1. The van der Waals surface area contributed by atoms with Crippen LogP contribution in [0.5, 0.6) is 0 Å². The molecule has 0 aromatic heterocycles. The van der Waals surface area contributed by atoms with Crippen molar-refractivity contribution in [3.05, 3.63) is 70.8 Å². The Morgan fingerprint density at radius 1 is 1.10 bits per heavy atom. The fourth-order valence-corrected chi connectivity index (χ4v) is 2.22. The lowest BCUT2D eigenvalue weighted by Crippen LogP contribution is -2.28. The van der Waals surface area contributed by atoms with Crippen molar-refractivity contribution in [3.8, 4) is 0 Å². The number of benzene rings is 2. The van der Waals surface area contributed by atoms with Crippen LogP contribution in [0.2, 0.25) is 0 Å². The highest BCUT2D eigenvalue weighted by Gasteiger charge is 2.11. The van der Waals surface area contributed by atoms with Gasteiger partial charge in [-0.15, -0.1) is 0 Å². The van der Waals surface area contributed by atoms with Crippen molar-refractivity contribution in [2.75, 3.05) is 6.54 Å². The molecule has 1 atom stereocenters. The third-order valence-corrected chi connectivity index (χ3v) is 3.58. The van der Waals surface area contributed by atoms with Gasteiger partial charge in [-0.1, -0.05) is 55.0 Å². The molecule has 0 unspecified atom stereocenters. The number of aryl methyl sites for hydroxylation is 2. The van der Waals surface area contributed by atoms with Crippen LogP contribution in [0.25, 0.3) is 0 Å². The SMILES string of the molecule is Cc1ccc(C)c(C(=O)NC[C@@H](C)c2ccccc2)c1. The molecule has 0 saturated heterocycles. The van der Waals surface area contributed by atoms with E-state index in [0.29, 0.717) is 12.5 Å². The summed E-state index contributed by atoms with van der Waals surface area (Å²) < 4.78 is 0. The second-order valence-corrected chi connectivity index (χ2v) is 5.34. The topological polar surface area (TPSA) is 29.1 Å². The lowest BCUT2D eigenvalue weighted by Gasteiger charge is -2.14. The first-order valence-electron chi connectivity index (χ1n) is 6.98. The Morgan fingerprint density at radius 3 is 2.50 bits per heavy atom. The lowest BCUT2D eigenvalue weighted by molar-refractivity contribution is 0.0951. The maximum absolute atomic E-state index is 12.2. The van der Waals surface area contributed by atoms with Crippen LogP contribution in [0.4, 0.5) is 0 Å².